The number of fused-ring (bicyclic) bond motifs is 1. The number of rotatable bonds is 9. The molecule has 1 N–H and O–H groups in total. The van der Waals surface area contributed by atoms with Gasteiger partial charge in [-0.15, -0.1) is 0 Å². The molecule has 0 radical (unpaired) electrons. The van der Waals surface area contributed by atoms with Crippen LogP contribution in [-0.2, 0) is 6.54 Å². The molecular formula is C22H29N3. The standard InChI is InChI=1S/C22H29N3/c1-3-5-15-25(16-6-4-2)17-18-11-7-8-12-19(18)22-23-20-13-9-10-14-21(20)24-22/h7-14H,3-6,15-17H2,1-2H3,(H,23,24). The summed E-state index contributed by atoms with van der Waals surface area (Å²) in [6.45, 7) is 7.86. The highest BCUT2D eigenvalue weighted by molar-refractivity contribution is 5.79. The van der Waals surface area contributed by atoms with Gasteiger partial charge < -0.3 is 4.98 Å². The predicted octanol–water partition coefficient (Wildman–Crippen LogP) is 5.63. The van der Waals surface area contributed by atoms with Crippen LogP contribution < -0.4 is 0 Å². The first kappa shape index (κ1) is 17.7. The summed E-state index contributed by atoms with van der Waals surface area (Å²) in [4.78, 5) is 10.9. The molecule has 0 spiro atoms. The van der Waals surface area contributed by atoms with Gasteiger partial charge in [0.25, 0.3) is 0 Å². The number of H-pyrrole nitrogens is 1. The van der Waals surface area contributed by atoms with E-state index in [0.29, 0.717) is 0 Å². The van der Waals surface area contributed by atoms with Gasteiger partial charge in [-0.05, 0) is 43.6 Å². The molecule has 0 saturated carbocycles. The van der Waals surface area contributed by atoms with Crippen molar-refractivity contribution in [2.24, 2.45) is 0 Å². The number of unbranched alkanes of at least 4 members (excludes halogenated alkanes) is 2. The molecule has 3 rings (SSSR count). The summed E-state index contributed by atoms with van der Waals surface area (Å²) in [7, 11) is 0. The molecule has 0 aliphatic carbocycles. The zero-order valence-corrected chi connectivity index (χ0v) is 15.5. The summed E-state index contributed by atoms with van der Waals surface area (Å²) in [5.74, 6) is 0.975. The van der Waals surface area contributed by atoms with Gasteiger partial charge in [0.15, 0.2) is 0 Å². The Bertz CT molecular complexity index is 750. The Kier molecular flexibility index (Phi) is 6.24. The molecule has 1 aromatic heterocycles. The molecule has 0 aliphatic heterocycles. The Hall–Kier alpha value is -2.13. The molecule has 0 fully saturated rings. The van der Waals surface area contributed by atoms with Gasteiger partial charge in [0.05, 0.1) is 11.0 Å². The molecule has 132 valence electrons. The number of benzene rings is 2. The first-order chi connectivity index (χ1) is 12.3. The van der Waals surface area contributed by atoms with E-state index in [1.165, 1.54) is 49.9 Å². The lowest BCUT2D eigenvalue weighted by atomic mass is 10.1. The summed E-state index contributed by atoms with van der Waals surface area (Å²) in [6.07, 6.45) is 5.01. The summed E-state index contributed by atoms with van der Waals surface area (Å²) >= 11 is 0. The molecule has 1 heterocycles. The van der Waals surface area contributed by atoms with Crippen LogP contribution in [0, 0.1) is 0 Å². The van der Waals surface area contributed by atoms with Gasteiger partial charge in [0.2, 0.25) is 0 Å². The first-order valence-corrected chi connectivity index (χ1v) is 9.57. The average molecular weight is 335 g/mol. The maximum Gasteiger partial charge on any atom is 0.138 e. The van der Waals surface area contributed by atoms with Crippen molar-refractivity contribution in [3.63, 3.8) is 0 Å². The maximum absolute atomic E-state index is 4.80. The second kappa shape index (κ2) is 8.82. The van der Waals surface area contributed by atoms with E-state index in [2.05, 4.69) is 60.1 Å². The van der Waals surface area contributed by atoms with Gasteiger partial charge in [0.1, 0.15) is 5.82 Å². The number of hydrogen-bond donors (Lipinski definition) is 1. The number of para-hydroxylation sites is 2. The van der Waals surface area contributed by atoms with Crippen LogP contribution in [0.1, 0.15) is 45.1 Å². The Balaban J connectivity index is 1.86. The number of aromatic amines is 1. The zero-order valence-electron chi connectivity index (χ0n) is 15.5. The summed E-state index contributed by atoms with van der Waals surface area (Å²) < 4.78 is 0. The SMILES string of the molecule is CCCCN(CCCC)Cc1ccccc1-c1nc2ccccc2[nH]1. The van der Waals surface area contributed by atoms with Crippen LogP contribution in [-0.4, -0.2) is 28.0 Å². The van der Waals surface area contributed by atoms with Gasteiger partial charge in [-0.2, -0.15) is 0 Å². The highest BCUT2D eigenvalue weighted by Crippen LogP contribution is 2.25. The zero-order chi connectivity index (χ0) is 17.5. The van der Waals surface area contributed by atoms with Crippen molar-refractivity contribution in [2.75, 3.05) is 13.1 Å². The van der Waals surface area contributed by atoms with Crippen molar-refractivity contribution in [3.8, 4) is 11.4 Å². The van der Waals surface area contributed by atoms with Crippen LogP contribution in [0.5, 0.6) is 0 Å². The largest absolute Gasteiger partial charge is 0.338 e. The molecule has 3 aromatic rings. The van der Waals surface area contributed by atoms with E-state index in [0.717, 1.165) is 23.4 Å². The van der Waals surface area contributed by atoms with Crippen LogP contribution in [0.15, 0.2) is 48.5 Å². The van der Waals surface area contributed by atoms with Crippen molar-refractivity contribution in [1.82, 2.24) is 14.9 Å². The van der Waals surface area contributed by atoms with Gasteiger partial charge in [-0.25, -0.2) is 4.98 Å². The Labute approximate surface area is 151 Å². The van der Waals surface area contributed by atoms with Crippen molar-refractivity contribution in [1.29, 1.82) is 0 Å². The van der Waals surface area contributed by atoms with Crippen molar-refractivity contribution in [3.05, 3.63) is 54.1 Å². The number of imidazole rings is 1. The quantitative estimate of drug-likeness (QED) is 0.549. The Morgan fingerprint density at radius 3 is 2.28 bits per heavy atom. The molecule has 0 bridgehead atoms. The third-order valence-corrected chi connectivity index (χ3v) is 4.71. The lowest BCUT2D eigenvalue weighted by Crippen LogP contribution is -2.25. The van der Waals surface area contributed by atoms with E-state index >= 15 is 0 Å². The molecule has 0 atom stereocenters. The third kappa shape index (κ3) is 4.49. The molecule has 3 heteroatoms. The topological polar surface area (TPSA) is 31.9 Å². The fourth-order valence-corrected chi connectivity index (χ4v) is 3.24. The molecule has 0 saturated heterocycles. The number of nitrogens with one attached hydrogen (secondary N) is 1. The number of nitrogens with zero attached hydrogens (tertiary/aromatic N) is 2. The van der Waals surface area contributed by atoms with Gasteiger partial charge in [-0.3, -0.25) is 4.90 Å². The first-order valence-electron chi connectivity index (χ1n) is 9.57. The number of aromatic nitrogens is 2. The number of hydrogen-bond acceptors (Lipinski definition) is 2. The monoisotopic (exact) mass is 335 g/mol. The van der Waals surface area contributed by atoms with Crippen LogP contribution in [0.4, 0.5) is 0 Å². The summed E-state index contributed by atoms with van der Waals surface area (Å²) in [5, 5.41) is 0. The Morgan fingerprint density at radius 1 is 0.880 bits per heavy atom. The van der Waals surface area contributed by atoms with E-state index in [-0.39, 0.29) is 0 Å². The molecular weight excluding hydrogens is 306 g/mol. The lowest BCUT2D eigenvalue weighted by Gasteiger charge is -2.23. The average Bonchev–Trinajstić information content (AvgIpc) is 3.08. The Morgan fingerprint density at radius 2 is 1.56 bits per heavy atom. The van der Waals surface area contributed by atoms with Crippen molar-refractivity contribution >= 4 is 11.0 Å². The second-order valence-electron chi connectivity index (χ2n) is 6.74. The molecule has 25 heavy (non-hydrogen) atoms. The van der Waals surface area contributed by atoms with Crippen molar-refractivity contribution < 1.29 is 0 Å². The minimum atomic E-state index is 0.975. The summed E-state index contributed by atoms with van der Waals surface area (Å²) in [6, 6.07) is 16.9. The van der Waals surface area contributed by atoms with Crippen molar-refractivity contribution in [2.45, 2.75) is 46.1 Å². The van der Waals surface area contributed by atoms with Gasteiger partial charge >= 0.3 is 0 Å². The van der Waals surface area contributed by atoms with E-state index in [4.69, 9.17) is 4.98 Å². The van der Waals surface area contributed by atoms with Gasteiger partial charge in [-0.1, -0.05) is 63.1 Å². The normalized spacial score (nSPS) is 11.5. The minimum Gasteiger partial charge on any atom is -0.338 e. The van der Waals surface area contributed by atoms with Crippen LogP contribution in [0.3, 0.4) is 0 Å². The summed E-state index contributed by atoms with van der Waals surface area (Å²) in [5.41, 5.74) is 4.70. The van der Waals surface area contributed by atoms with Crippen LogP contribution >= 0.6 is 0 Å². The lowest BCUT2D eigenvalue weighted by molar-refractivity contribution is 0.257. The molecule has 0 unspecified atom stereocenters. The molecule has 3 nitrogen and oxygen atoms in total. The minimum absolute atomic E-state index is 0.975. The predicted molar refractivity (Wildman–Crippen MR) is 107 cm³/mol. The molecule has 0 amide bonds. The highest BCUT2D eigenvalue weighted by atomic mass is 15.1. The smallest absolute Gasteiger partial charge is 0.138 e. The fraction of sp³-hybridized carbons (Fsp3) is 0.409. The van der Waals surface area contributed by atoms with E-state index in [9.17, 15) is 0 Å². The van der Waals surface area contributed by atoms with Crippen LogP contribution in [0.25, 0.3) is 22.4 Å². The highest BCUT2D eigenvalue weighted by Gasteiger charge is 2.12. The van der Waals surface area contributed by atoms with E-state index in [1.807, 2.05) is 12.1 Å². The van der Waals surface area contributed by atoms with E-state index < -0.39 is 0 Å². The third-order valence-electron chi connectivity index (χ3n) is 4.71. The van der Waals surface area contributed by atoms with Crippen LogP contribution in [0.2, 0.25) is 0 Å². The second-order valence-corrected chi connectivity index (χ2v) is 6.74. The maximum atomic E-state index is 4.80. The fourth-order valence-electron chi connectivity index (χ4n) is 3.24. The van der Waals surface area contributed by atoms with Gasteiger partial charge in [0, 0.05) is 12.1 Å². The molecule has 2 aromatic carbocycles. The molecule has 0 aliphatic rings. The van der Waals surface area contributed by atoms with E-state index in [1.54, 1.807) is 0 Å².